The summed E-state index contributed by atoms with van der Waals surface area (Å²) in [7, 11) is 0. The summed E-state index contributed by atoms with van der Waals surface area (Å²) >= 11 is 3.03. The van der Waals surface area contributed by atoms with Crippen LogP contribution in [-0.2, 0) is 4.79 Å². The Morgan fingerprint density at radius 3 is 2.50 bits per heavy atom. The number of benzene rings is 1. The zero-order valence-electron chi connectivity index (χ0n) is 11.0. The molecule has 2 rings (SSSR count). The highest BCUT2D eigenvalue weighted by Gasteiger charge is 2.21. The molecule has 0 atom stereocenters. The lowest BCUT2D eigenvalue weighted by Crippen LogP contribution is -2.45. The first-order valence-corrected chi connectivity index (χ1v) is 7.29. The molecule has 3 N–H and O–H groups in total. The van der Waals surface area contributed by atoms with Crippen LogP contribution in [0, 0.1) is 0 Å². The van der Waals surface area contributed by atoms with Crippen molar-refractivity contribution in [3.63, 3.8) is 0 Å². The molecular weight excluding hydrogens is 316 g/mol. The summed E-state index contributed by atoms with van der Waals surface area (Å²) in [6, 6.07) is 7.52. The van der Waals surface area contributed by atoms with Gasteiger partial charge in [0.2, 0.25) is 5.91 Å². The van der Waals surface area contributed by atoms with Crippen molar-refractivity contribution in [2.24, 2.45) is 5.73 Å². The van der Waals surface area contributed by atoms with Gasteiger partial charge in [-0.1, -0.05) is 23.1 Å². The van der Waals surface area contributed by atoms with Crippen LogP contribution in [-0.4, -0.2) is 21.6 Å². The van der Waals surface area contributed by atoms with Crippen molar-refractivity contribution in [2.75, 3.05) is 5.32 Å². The molecule has 0 aliphatic rings. The quantitative estimate of drug-likeness (QED) is 0.901. The van der Waals surface area contributed by atoms with E-state index < -0.39 is 5.54 Å². The summed E-state index contributed by atoms with van der Waals surface area (Å²) in [5, 5.41) is 10.5. The van der Waals surface area contributed by atoms with Gasteiger partial charge in [0.05, 0.1) is 5.54 Å². The molecule has 0 radical (unpaired) electrons. The molecule has 20 heavy (non-hydrogen) atoms. The van der Waals surface area contributed by atoms with Crippen molar-refractivity contribution in [1.29, 1.82) is 0 Å². The van der Waals surface area contributed by atoms with Crippen molar-refractivity contribution >= 4 is 47.1 Å². The van der Waals surface area contributed by atoms with Crippen LogP contribution in [0.1, 0.15) is 13.8 Å². The summed E-state index contributed by atoms with van der Waals surface area (Å²) in [5.41, 5.74) is 7.25. The zero-order valence-corrected chi connectivity index (χ0v) is 13.4. The van der Waals surface area contributed by atoms with Gasteiger partial charge in [-0.25, -0.2) is 0 Å². The van der Waals surface area contributed by atoms with Crippen LogP contribution < -0.4 is 11.1 Å². The number of amides is 1. The molecular formula is C12H15ClN4OS2. The van der Waals surface area contributed by atoms with E-state index >= 15 is 0 Å². The van der Waals surface area contributed by atoms with Gasteiger partial charge in [0.15, 0.2) is 4.34 Å². The third-order valence-electron chi connectivity index (χ3n) is 2.24. The van der Waals surface area contributed by atoms with E-state index in [0.29, 0.717) is 0 Å². The van der Waals surface area contributed by atoms with Crippen LogP contribution in [0.15, 0.2) is 39.0 Å². The molecule has 1 heterocycles. The van der Waals surface area contributed by atoms with Crippen molar-refractivity contribution < 1.29 is 4.79 Å². The lowest BCUT2D eigenvalue weighted by Gasteiger charge is -2.17. The standard InChI is InChI=1S/C12H14N4OS2.ClH/c1-12(2,13)10(17)15-8-3-5-9(6-4-8)19-11-16-14-7-18-11;/h3-7H,13H2,1-2H3,(H,15,17);1H. The van der Waals surface area contributed by atoms with Crippen molar-refractivity contribution in [3.8, 4) is 0 Å². The number of aromatic nitrogens is 2. The minimum atomic E-state index is -0.889. The molecule has 0 saturated heterocycles. The number of hydrogen-bond acceptors (Lipinski definition) is 6. The molecule has 0 bridgehead atoms. The fraction of sp³-hybridized carbons (Fsp3) is 0.250. The second-order valence-electron chi connectivity index (χ2n) is 4.51. The minimum absolute atomic E-state index is 0. The fourth-order valence-corrected chi connectivity index (χ4v) is 2.66. The van der Waals surface area contributed by atoms with Gasteiger partial charge in [-0.15, -0.1) is 22.6 Å². The minimum Gasteiger partial charge on any atom is -0.325 e. The van der Waals surface area contributed by atoms with E-state index in [9.17, 15) is 4.79 Å². The van der Waals surface area contributed by atoms with E-state index in [1.807, 2.05) is 24.3 Å². The summed E-state index contributed by atoms with van der Waals surface area (Å²) in [5.74, 6) is -0.211. The Bertz CT molecular complexity index is 552. The normalized spacial score (nSPS) is 10.8. The van der Waals surface area contributed by atoms with E-state index in [1.54, 1.807) is 19.4 Å². The number of halogens is 1. The number of nitrogens with one attached hydrogen (secondary N) is 1. The smallest absolute Gasteiger partial charge is 0.243 e. The van der Waals surface area contributed by atoms with E-state index in [2.05, 4.69) is 15.5 Å². The second kappa shape index (κ2) is 7.03. The summed E-state index contributed by atoms with van der Waals surface area (Å²) < 4.78 is 0.889. The third-order valence-corrected chi connectivity index (χ3v) is 4.03. The Kier molecular flexibility index (Phi) is 5.94. The van der Waals surface area contributed by atoms with Crippen molar-refractivity contribution in [3.05, 3.63) is 29.8 Å². The monoisotopic (exact) mass is 330 g/mol. The van der Waals surface area contributed by atoms with Gasteiger partial charge in [0.1, 0.15) is 5.51 Å². The predicted octanol–water partition coefficient (Wildman–Crippen LogP) is 2.79. The Balaban J connectivity index is 0.00000200. The van der Waals surface area contributed by atoms with Crippen LogP contribution in [0.2, 0.25) is 0 Å². The Hall–Kier alpha value is -1.15. The van der Waals surface area contributed by atoms with E-state index in [4.69, 9.17) is 5.73 Å². The highest BCUT2D eigenvalue weighted by atomic mass is 35.5. The van der Waals surface area contributed by atoms with Gasteiger partial charge < -0.3 is 11.1 Å². The number of hydrogen-bond donors (Lipinski definition) is 2. The zero-order chi connectivity index (χ0) is 13.9. The highest BCUT2D eigenvalue weighted by molar-refractivity contribution is 8.01. The molecule has 1 aromatic heterocycles. The molecule has 0 spiro atoms. The van der Waals surface area contributed by atoms with E-state index in [-0.39, 0.29) is 18.3 Å². The molecule has 0 aliphatic heterocycles. The average Bonchev–Trinajstić information content (AvgIpc) is 2.83. The van der Waals surface area contributed by atoms with Gasteiger partial charge in [-0.3, -0.25) is 4.79 Å². The van der Waals surface area contributed by atoms with Gasteiger partial charge in [0.25, 0.3) is 0 Å². The molecule has 0 unspecified atom stereocenters. The maximum absolute atomic E-state index is 11.7. The van der Waals surface area contributed by atoms with E-state index in [0.717, 1.165) is 14.9 Å². The molecule has 1 amide bonds. The fourth-order valence-electron chi connectivity index (χ4n) is 1.21. The number of nitrogens with two attached hydrogens (primary N) is 1. The number of anilines is 1. The second-order valence-corrected chi connectivity index (χ2v) is 6.66. The first-order valence-electron chi connectivity index (χ1n) is 5.59. The van der Waals surface area contributed by atoms with Gasteiger partial charge >= 0.3 is 0 Å². The SMILES string of the molecule is CC(C)(N)C(=O)Nc1ccc(Sc2nncs2)cc1.Cl. The van der Waals surface area contributed by atoms with Gasteiger partial charge in [-0.2, -0.15) is 0 Å². The van der Waals surface area contributed by atoms with Crippen LogP contribution in [0.3, 0.4) is 0 Å². The van der Waals surface area contributed by atoms with Gasteiger partial charge in [0, 0.05) is 10.6 Å². The Morgan fingerprint density at radius 1 is 1.35 bits per heavy atom. The lowest BCUT2D eigenvalue weighted by atomic mass is 10.1. The number of rotatable bonds is 4. The first-order chi connectivity index (χ1) is 8.95. The third kappa shape index (κ3) is 4.75. The van der Waals surface area contributed by atoms with Crippen LogP contribution >= 0.6 is 35.5 Å². The lowest BCUT2D eigenvalue weighted by molar-refractivity contribution is -0.120. The topological polar surface area (TPSA) is 80.9 Å². The average molecular weight is 331 g/mol. The molecule has 1 aromatic carbocycles. The Morgan fingerprint density at radius 2 is 2.00 bits per heavy atom. The first kappa shape index (κ1) is 16.9. The predicted molar refractivity (Wildman–Crippen MR) is 84.6 cm³/mol. The van der Waals surface area contributed by atoms with Crippen LogP contribution in [0.4, 0.5) is 5.69 Å². The van der Waals surface area contributed by atoms with Crippen molar-refractivity contribution in [2.45, 2.75) is 28.6 Å². The number of carbonyl (C=O) groups is 1. The summed E-state index contributed by atoms with van der Waals surface area (Å²) in [6.45, 7) is 3.34. The highest BCUT2D eigenvalue weighted by Crippen LogP contribution is 2.29. The van der Waals surface area contributed by atoms with Gasteiger partial charge in [-0.05, 0) is 38.1 Å². The Labute approximate surface area is 131 Å². The van der Waals surface area contributed by atoms with E-state index in [1.165, 1.54) is 23.1 Å². The molecule has 0 saturated carbocycles. The van der Waals surface area contributed by atoms with Crippen LogP contribution in [0.5, 0.6) is 0 Å². The molecule has 5 nitrogen and oxygen atoms in total. The van der Waals surface area contributed by atoms with Crippen molar-refractivity contribution in [1.82, 2.24) is 10.2 Å². The molecule has 8 heteroatoms. The molecule has 108 valence electrons. The number of carbonyl (C=O) groups excluding carboxylic acids is 1. The maximum atomic E-state index is 11.7. The number of nitrogens with zero attached hydrogens (tertiary/aromatic N) is 2. The molecule has 0 fully saturated rings. The van der Waals surface area contributed by atoms with Crippen LogP contribution in [0.25, 0.3) is 0 Å². The summed E-state index contributed by atoms with van der Waals surface area (Å²) in [4.78, 5) is 12.8. The largest absolute Gasteiger partial charge is 0.325 e. The maximum Gasteiger partial charge on any atom is 0.243 e. The summed E-state index contributed by atoms with van der Waals surface area (Å²) in [6.07, 6.45) is 0. The molecule has 0 aliphatic carbocycles. The molecule has 2 aromatic rings.